The van der Waals surface area contributed by atoms with E-state index < -0.39 is 0 Å². The third-order valence-corrected chi connectivity index (χ3v) is 3.92. The Morgan fingerprint density at radius 3 is 2.48 bits per heavy atom. The minimum absolute atomic E-state index is 0.129. The molecule has 0 spiro atoms. The molecule has 21 heavy (non-hydrogen) atoms. The number of morpholine rings is 2. The number of hydrogen-bond donors (Lipinski definition) is 0. The minimum Gasteiger partial charge on any atom is -0.374 e. The Bertz CT molecular complexity index is 341. The number of carbonyl (C=O) groups is 1. The van der Waals surface area contributed by atoms with Gasteiger partial charge in [0, 0.05) is 32.7 Å². The molecule has 6 nitrogen and oxygen atoms in total. The molecular formula is C15H29N3O3. The Balaban J connectivity index is 1.81. The lowest BCUT2D eigenvalue weighted by Crippen LogP contribution is -2.53. The van der Waals surface area contributed by atoms with Gasteiger partial charge in [-0.2, -0.15) is 0 Å². The van der Waals surface area contributed by atoms with Gasteiger partial charge in [-0.15, -0.1) is 0 Å². The van der Waals surface area contributed by atoms with Gasteiger partial charge in [0.1, 0.15) is 0 Å². The highest BCUT2D eigenvalue weighted by atomic mass is 16.5. The lowest BCUT2D eigenvalue weighted by molar-refractivity contribution is -0.146. The Kier molecular flexibility index (Phi) is 5.98. The Morgan fingerprint density at radius 2 is 1.86 bits per heavy atom. The fraction of sp³-hybridized carbons (Fsp3) is 0.933. The van der Waals surface area contributed by atoms with Crippen molar-refractivity contribution in [1.82, 2.24) is 14.7 Å². The molecule has 2 heterocycles. The number of rotatable bonds is 4. The quantitative estimate of drug-likeness (QED) is 0.724. The molecule has 2 saturated heterocycles. The van der Waals surface area contributed by atoms with Crippen LogP contribution >= 0.6 is 0 Å². The van der Waals surface area contributed by atoms with Gasteiger partial charge < -0.3 is 19.3 Å². The standard InChI is InChI=1S/C15H29N3O3/c1-12-7-18(8-13(2)21-12)15(19)11-17-5-6-20-14(10-17)9-16(3)4/h12-14H,5-11H2,1-4H3. The Labute approximate surface area is 128 Å². The zero-order chi connectivity index (χ0) is 15.4. The van der Waals surface area contributed by atoms with Crippen molar-refractivity contribution in [2.75, 3.05) is 60.0 Å². The van der Waals surface area contributed by atoms with Gasteiger partial charge in [-0.05, 0) is 27.9 Å². The van der Waals surface area contributed by atoms with Gasteiger partial charge in [0.25, 0.3) is 0 Å². The van der Waals surface area contributed by atoms with Crippen LogP contribution in [0, 0.1) is 0 Å². The molecule has 0 saturated carbocycles. The second-order valence-electron chi connectivity index (χ2n) is 6.55. The van der Waals surface area contributed by atoms with Gasteiger partial charge >= 0.3 is 0 Å². The zero-order valence-corrected chi connectivity index (χ0v) is 13.7. The fourth-order valence-electron chi connectivity index (χ4n) is 3.11. The summed E-state index contributed by atoms with van der Waals surface area (Å²) >= 11 is 0. The van der Waals surface area contributed by atoms with Gasteiger partial charge in [0.15, 0.2) is 0 Å². The van der Waals surface area contributed by atoms with E-state index in [1.807, 2.05) is 32.8 Å². The van der Waals surface area contributed by atoms with E-state index >= 15 is 0 Å². The van der Waals surface area contributed by atoms with Crippen molar-refractivity contribution in [3.63, 3.8) is 0 Å². The molecule has 3 atom stereocenters. The van der Waals surface area contributed by atoms with Crippen molar-refractivity contribution in [2.24, 2.45) is 0 Å². The molecule has 0 bridgehead atoms. The molecule has 3 unspecified atom stereocenters. The molecule has 6 heteroatoms. The second kappa shape index (κ2) is 7.54. The SMILES string of the molecule is CC1CN(C(=O)CN2CCOC(CN(C)C)C2)CC(C)O1. The van der Waals surface area contributed by atoms with Crippen LogP contribution in [0.3, 0.4) is 0 Å². The van der Waals surface area contributed by atoms with E-state index in [1.165, 1.54) is 0 Å². The molecule has 2 aliphatic rings. The highest BCUT2D eigenvalue weighted by molar-refractivity contribution is 5.78. The van der Waals surface area contributed by atoms with E-state index in [2.05, 4.69) is 9.80 Å². The first kappa shape index (κ1) is 16.7. The van der Waals surface area contributed by atoms with Crippen LogP contribution < -0.4 is 0 Å². The molecule has 2 fully saturated rings. The van der Waals surface area contributed by atoms with Crippen molar-refractivity contribution in [3.8, 4) is 0 Å². The van der Waals surface area contributed by atoms with Gasteiger partial charge in [-0.3, -0.25) is 9.69 Å². The third-order valence-electron chi connectivity index (χ3n) is 3.92. The first-order valence-corrected chi connectivity index (χ1v) is 7.86. The maximum absolute atomic E-state index is 12.5. The van der Waals surface area contributed by atoms with Gasteiger partial charge in [0.05, 0.1) is 31.5 Å². The molecule has 0 N–H and O–H groups in total. The third kappa shape index (κ3) is 5.21. The Hall–Kier alpha value is -0.690. The van der Waals surface area contributed by atoms with Crippen LogP contribution in [0.4, 0.5) is 0 Å². The first-order chi connectivity index (χ1) is 9.94. The summed E-state index contributed by atoms with van der Waals surface area (Å²) in [4.78, 5) is 18.7. The topological polar surface area (TPSA) is 45.2 Å². The summed E-state index contributed by atoms with van der Waals surface area (Å²) in [6.45, 7) is 9.23. The minimum atomic E-state index is 0.129. The summed E-state index contributed by atoms with van der Waals surface area (Å²) in [5.41, 5.74) is 0. The summed E-state index contributed by atoms with van der Waals surface area (Å²) in [5.74, 6) is 0.211. The van der Waals surface area contributed by atoms with Crippen molar-refractivity contribution >= 4 is 5.91 Å². The van der Waals surface area contributed by atoms with Gasteiger partial charge in [-0.1, -0.05) is 0 Å². The van der Waals surface area contributed by atoms with E-state index in [-0.39, 0.29) is 24.2 Å². The van der Waals surface area contributed by atoms with Crippen LogP contribution in [0.5, 0.6) is 0 Å². The van der Waals surface area contributed by atoms with E-state index in [1.54, 1.807) is 0 Å². The number of amides is 1. The highest BCUT2D eigenvalue weighted by Gasteiger charge is 2.28. The molecule has 0 aliphatic carbocycles. The van der Waals surface area contributed by atoms with Crippen molar-refractivity contribution in [2.45, 2.75) is 32.2 Å². The zero-order valence-electron chi connectivity index (χ0n) is 13.7. The van der Waals surface area contributed by atoms with Crippen LogP contribution in [0.2, 0.25) is 0 Å². The molecule has 0 aromatic rings. The summed E-state index contributed by atoms with van der Waals surface area (Å²) in [6, 6.07) is 0. The summed E-state index contributed by atoms with van der Waals surface area (Å²) in [6.07, 6.45) is 0.455. The van der Waals surface area contributed by atoms with E-state index in [0.29, 0.717) is 26.2 Å². The van der Waals surface area contributed by atoms with Gasteiger partial charge in [-0.25, -0.2) is 0 Å². The Morgan fingerprint density at radius 1 is 1.19 bits per heavy atom. The van der Waals surface area contributed by atoms with Crippen LogP contribution in [0.15, 0.2) is 0 Å². The number of ether oxygens (including phenoxy) is 2. The average Bonchev–Trinajstić information content (AvgIpc) is 2.37. The van der Waals surface area contributed by atoms with Crippen LogP contribution in [-0.2, 0) is 14.3 Å². The molecule has 1 amide bonds. The van der Waals surface area contributed by atoms with Crippen LogP contribution in [0.1, 0.15) is 13.8 Å². The number of likely N-dealkylation sites (N-methyl/N-ethyl adjacent to an activating group) is 1. The smallest absolute Gasteiger partial charge is 0.236 e. The molecule has 122 valence electrons. The predicted octanol–water partition coefficient (Wildman–Crippen LogP) is -0.115. The van der Waals surface area contributed by atoms with Crippen molar-refractivity contribution in [3.05, 3.63) is 0 Å². The molecule has 2 aliphatic heterocycles. The molecule has 2 rings (SSSR count). The number of carbonyl (C=O) groups excluding carboxylic acids is 1. The van der Waals surface area contributed by atoms with E-state index in [0.717, 1.165) is 19.6 Å². The number of hydrogen-bond acceptors (Lipinski definition) is 5. The average molecular weight is 299 g/mol. The molecule has 0 radical (unpaired) electrons. The second-order valence-corrected chi connectivity index (χ2v) is 6.55. The summed E-state index contributed by atoms with van der Waals surface area (Å²) in [5, 5.41) is 0. The molecule has 0 aromatic heterocycles. The molecule has 0 aromatic carbocycles. The first-order valence-electron chi connectivity index (χ1n) is 7.86. The lowest BCUT2D eigenvalue weighted by Gasteiger charge is -2.38. The number of nitrogens with zero attached hydrogens (tertiary/aromatic N) is 3. The summed E-state index contributed by atoms with van der Waals surface area (Å²) < 4.78 is 11.4. The summed E-state index contributed by atoms with van der Waals surface area (Å²) in [7, 11) is 4.09. The van der Waals surface area contributed by atoms with Crippen LogP contribution in [0.25, 0.3) is 0 Å². The van der Waals surface area contributed by atoms with Crippen molar-refractivity contribution in [1.29, 1.82) is 0 Å². The van der Waals surface area contributed by atoms with E-state index in [9.17, 15) is 4.79 Å². The fourth-order valence-corrected chi connectivity index (χ4v) is 3.11. The van der Waals surface area contributed by atoms with Gasteiger partial charge in [0.2, 0.25) is 5.91 Å². The lowest BCUT2D eigenvalue weighted by atomic mass is 10.2. The highest BCUT2D eigenvalue weighted by Crippen LogP contribution is 2.12. The monoisotopic (exact) mass is 299 g/mol. The predicted molar refractivity (Wildman–Crippen MR) is 81.3 cm³/mol. The van der Waals surface area contributed by atoms with Crippen LogP contribution in [-0.4, -0.2) is 98.9 Å². The van der Waals surface area contributed by atoms with Crippen molar-refractivity contribution < 1.29 is 14.3 Å². The van der Waals surface area contributed by atoms with E-state index in [4.69, 9.17) is 9.47 Å². The molecular weight excluding hydrogens is 270 g/mol. The maximum Gasteiger partial charge on any atom is 0.236 e. The maximum atomic E-state index is 12.5. The normalized spacial score (nSPS) is 31.7. The largest absolute Gasteiger partial charge is 0.374 e.